The first-order valence-corrected chi connectivity index (χ1v) is 15.6. The van der Waals surface area contributed by atoms with Crippen molar-refractivity contribution < 1.29 is 27.5 Å². The Morgan fingerprint density at radius 2 is 1.68 bits per heavy atom. The first-order valence-electron chi connectivity index (χ1n) is 14.2. The molecule has 1 fully saturated rings. The molecule has 0 unspecified atom stereocenters. The summed E-state index contributed by atoms with van der Waals surface area (Å²) in [5.41, 5.74) is 0.185. The average molecular weight is 622 g/mol. The standard InChI is InChI=1S/C31H32FN5O6S/c1-20(38)33-12-13-34-30(40)27-29(39)28-26(17-22(19-35-28)16-21-8-10-23(32)11-9-21)37(31(27)41)24-6-5-7-25(18-24)44(42,43)36-14-3-2-4-15-36/h5-11,17-19,39H,2-4,12-16H2,1H3,(H,33,38)(H,34,40). The number of benzene rings is 2. The highest BCUT2D eigenvalue weighted by Gasteiger charge is 2.28. The van der Waals surface area contributed by atoms with Crippen molar-refractivity contribution in [1.29, 1.82) is 0 Å². The summed E-state index contributed by atoms with van der Waals surface area (Å²) >= 11 is 0. The molecule has 0 bridgehead atoms. The minimum atomic E-state index is -3.86. The molecule has 5 rings (SSSR count). The van der Waals surface area contributed by atoms with Gasteiger partial charge in [-0.05, 0) is 66.8 Å². The Morgan fingerprint density at radius 1 is 0.977 bits per heavy atom. The molecule has 0 aliphatic carbocycles. The fourth-order valence-corrected chi connectivity index (χ4v) is 6.78. The number of carbonyl (C=O) groups is 2. The Hall–Kier alpha value is -4.62. The number of hydrogen-bond acceptors (Lipinski definition) is 7. The Kier molecular flexibility index (Phi) is 9.06. The van der Waals surface area contributed by atoms with Crippen LogP contribution in [0.25, 0.3) is 16.7 Å². The fourth-order valence-electron chi connectivity index (χ4n) is 5.22. The van der Waals surface area contributed by atoms with E-state index in [0.29, 0.717) is 25.1 Å². The van der Waals surface area contributed by atoms with Crippen molar-refractivity contribution >= 4 is 32.9 Å². The van der Waals surface area contributed by atoms with Gasteiger partial charge in [0.05, 0.1) is 16.1 Å². The molecular weight excluding hydrogens is 589 g/mol. The van der Waals surface area contributed by atoms with E-state index >= 15 is 0 Å². The number of aromatic hydroxyl groups is 1. The minimum absolute atomic E-state index is 0.0110. The van der Waals surface area contributed by atoms with Gasteiger partial charge in [0.1, 0.15) is 16.9 Å². The molecule has 3 N–H and O–H groups in total. The fraction of sp³-hybridized carbons (Fsp3) is 0.290. The third-order valence-electron chi connectivity index (χ3n) is 7.40. The summed E-state index contributed by atoms with van der Waals surface area (Å²) in [6, 6.07) is 13.4. The van der Waals surface area contributed by atoms with E-state index < -0.39 is 32.8 Å². The van der Waals surface area contributed by atoms with Gasteiger partial charge in [0.2, 0.25) is 15.9 Å². The smallest absolute Gasteiger partial charge is 0.272 e. The molecule has 13 heteroatoms. The zero-order valence-electron chi connectivity index (χ0n) is 24.0. The van der Waals surface area contributed by atoms with Crippen LogP contribution in [-0.2, 0) is 21.2 Å². The summed E-state index contributed by atoms with van der Waals surface area (Å²) in [5.74, 6) is -2.20. The van der Waals surface area contributed by atoms with Gasteiger partial charge in [0, 0.05) is 39.3 Å². The third kappa shape index (κ3) is 6.48. The maximum Gasteiger partial charge on any atom is 0.272 e. The number of fused-ring (bicyclic) bond motifs is 1. The van der Waals surface area contributed by atoms with Crippen molar-refractivity contribution in [2.75, 3.05) is 26.2 Å². The molecular formula is C31H32FN5O6S. The number of nitrogens with one attached hydrogen (secondary N) is 2. The summed E-state index contributed by atoms with van der Waals surface area (Å²) in [6.45, 7) is 2.21. The van der Waals surface area contributed by atoms with Gasteiger partial charge in [-0.1, -0.05) is 24.6 Å². The van der Waals surface area contributed by atoms with Crippen LogP contribution in [0.5, 0.6) is 5.75 Å². The van der Waals surface area contributed by atoms with Crippen LogP contribution in [0.2, 0.25) is 0 Å². The molecule has 2 amide bonds. The van der Waals surface area contributed by atoms with E-state index in [4.69, 9.17) is 0 Å². The van der Waals surface area contributed by atoms with Crippen molar-refractivity contribution in [2.45, 2.75) is 37.5 Å². The molecule has 11 nitrogen and oxygen atoms in total. The highest BCUT2D eigenvalue weighted by Crippen LogP contribution is 2.29. The zero-order chi connectivity index (χ0) is 31.4. The summed E-state index contributed by atoms with van der Waals surface area (Å²) in [4.78, 5) is 42.7. The van der Waals surface area contributed by atoms with Crippen molar-refractivity contribution in [3.8, 4) is 11.4 Å². The Balaban J connectivity index is 1.64. The van der Waals surface area contributed by atoms with E-state index in [0.717, 1.165) is 29.4 Å². The number of amides is 2. The lowest BCUT2D eigenvalue weighted by atomic mass is 10.0. The second-order valence-electron chi connectivity index (χ2n) is 10.6. The number of halogens is 1. The molecule has 0 spiro atoms. The normalized spacial score (nSPS) is 14.0. The molecule has 0 atom stereocenters. The number of rotatable bonds is 9. The van der Waals surface area contributed by atoms with Crippen LogP contribution in [0, 0.1) is 5.82 Å². The molecule has 1 aliphatic heterocycles. The number of pyridine rings is 2. The Bertz CT molecular complexity index is 1890. The minimum Gasteiger partial charge on any atom is -0.505 e. The molecule has 0 saturated carbocycles. The Labute approximate surface area is 253 Å². The molecule has 2 aromatic carbocycles. The van der Waals surface area contributed by atoms with Crippen molar-refractivity contribution in [3.05, 3.63) is 93.7 Å². The van der Waals surface area contributed by atoms with Gasteiger partial charge in [-0.15, -0.1) is 0 Å². The van der Waals surface area contributed by atoms with Crippen LogP contribution in [0.3, 0.4) is 0 Å². The average Bonchev–Trinajstić information content (AvgIpc) is 3.01. The predicted octanol–water partition coefficient (Wildman–Crippen LogP) is 2.86. The van der Waals surface area contributed by atoms with E-state index in [-0.39, 0.29) is 46.4 Å². The number of carbonyl (C=O) groups excluding carboxylic acids is 2. The molecule has 0 radical (unpaired) electrons. The summed E-state index contributed by atoms with van der Waals surface area (Å²) in [5, 5.41) is 16.2. The largest absolute Gasteiger partial charge is 0.505 e. The van der Waals surface area contributed by atoms with E-state index in [2.05, 4.69) is 15.6 Å². The third-order valence-corrected chi connectivity index (χ3v) is 9.30. The van der Waals surface area contributed by atoms with E-state index in [9.17, 15) is 32.3 Å². The van der Waals surface area contributed by atoms with Crippen molar-refractivity contribution in [1.82, 2.24) is 24.5 Å². The first kappa shape index (κ1) is 30.8. The number of sulfonamides is 1. The lowest BCUT2D eigenvalue weighted by Crippen LogP contribution is -2.37. The van der Waals surface area contributed by atoms with Crippen LogP contribution >= 0.6 is 0 Å². The maximum atomic E-state index is 14.0. The number of aromatic nitrogens is 2. The topological polar surface area (TPSA) is 151 Å². The van der Waals surface area contributed by atoms with Crippen molar-refractivity contribution in [3.63, 3.8) is 0 Å². The van der Waals surface area contributed by atoms with Gasteiger partial charge >= 0.3 is 0 Å². The van der Waals surface area contributed by atoms with Crippen LogP contribution in [0.15, 0.2) is 70.5 Å². The molecule has 1 saturated heterocycles. The Morgan fingerprint density at radius 3 is 2.39 bits per heavy atom. The van der Waals surface area contributed by atoms with Gasteiger partial charge in [0.15, 0.2) is 5.75 Å². The monoisotopic (exact) mass is 621 g/mol. The molecule has 230 valence electrons. The molecule has 3 heterocycles. The SMILES string of the molecule is CC(=O)NCCNC(=O)c1c(O)c2ncc(Cc3ccc(F)cc3)cc2n(-c2cccc(S(=O)(=O)N3CCCCC3)c2)c1=O. The van der Waals surface area contributed by atoms with Crippen LogP contribution in [0.4, 0.5) is 4.39 Å². The van der Waals surface area contributed by atoms with Crippen LogP contribution < -0.4 is 16.2 Å². The predicted molar refractivity (Wildman–Crippen MR) is 162 cm³/mol. The summed E-state index contributed by atoms with van der Waals surface area (Å²) < 4.78 is 43.0. The van der Waals surface area contributed by atoms with Crippen molar-refractivity contribution in [2.24, 2.45) is 0 Å². The van der Waals surface area contributed by atoms with Gasteiger partial charge in [0.25, 0.3) is 11.5 Å². The second-order valence-corrected chi connectivity index (χ2v) is 12.5. The molecule has 2 aromatic heterocycles. The number of piperidine rings is 1. The maximum absolute atomic E-state index is 14.0. The van der Waals surface area contributed by atoms with E-state index in [1.165, 1.54) is 53.8 Å². The lowest BCUT2D eigenvalue weighted by molar-refractivity contribution is -0.118. The highest BCUT2D eigenvalue weighted by atomic mass is 32.2. The number of nitrogens with zero attached hydrogens (tertiary/aromatic N) is 3. The van der Waals surface area contributed by atoms with Gasteiger partial charge in [-0.25, -0.2) is 12.8 Å². The van der Waals surface area contributed by atoms with E-state index in [1.807, 2.05) is 0 Å². The zero-order valence-corrected chi connectivity index (χ0v) is 24.9. The lowest BCUT2D eigenvalue weighted by Gasteiger charge is -2.26. The molecule has 44 heavy (non-hydrogen) atoms. The summed E-state index contributed by atoms with van der Waals surface area (Å²) in [7, 11) is -3.86. The highest BCUT2D eigenvalue weighted by molar-refractivity contribution is 7.89. The quantitative estimate of drug-likeness (QED) is 0.243. The van der Waals surface area contributed by atoms with Gasteiger partial charge < -0.3 is 15.7 Å². The first-order chi connectivity index (χ1) is 21.1. The molecule has 4 aromatic rings. The molecule has 1 aliphatic rings. The van der Waals surface area contributed by atoms with Gasteiger partial charge in [-0.2, -0.15) is 4.31 Å². The second kappa shape index (κ2) is 12.9. The number of hydrogen-bond donors (Lipinski definition) is 3. The van der Waals surface area contributed by atoms with E-state index in [1.54, 1.807) is 18.2 Å². The summed E-state index contributed by atoms with van der Waals surface area (Å²) in [6.07, 6.45) is 4.26. The van der Waals surface area contributed by atoms with Crippen LogP contribution in [0.1, 0.15) is 47.7 Å². The van der Waals surface area contributed by atoms with Crippen LogP contribution in [-0.4, -0.2) is 65.4 Å². The van der Waals surface area contributed by atoms with Gasteiger partial charge in [-0.3, -0.25) is 23.9 Å².